The highest BCUT2D eigenvalue weighted by molar-refractivity contribution is 9.10. The van der Waals surface area contributed by atoms with Gasteiger partial charge in [-0.3, -0.25) is 4.79 Å². The molecule has 0 aliphatic carbocycles. The van der Waals surface area contributed by atoms with Crippen LogP contribution in [-0.2, 0) is 10.0 Å². The van der Waals surface area contributed by atoms with Crippen LogP contribution in [0.4, 0.5) is 0 Å². The molecule has 7 heteroatoms. The maximum atomic E-state index is 11.4. The smallest absolute Gasteiger partial charge is 0.266 e. The summed E-state index contributed by atoms with van der Waals surface area (Å²) in [5, 5.41) is 0.186. The molecule has 0 heterocycles. The van der Waals surface area contributed by atoms with E-state index in [9.17, 15) is 13.2 Å². The number of halogens is 2. The molecule has 4 nitrogen and oxygen atoms in total. The fourth-order valence-corrected chi connectivity index (χ4v) is 2.10. The molecule has 0 aliphatic heterocycles. The topological polar surface area (TPSA) is 63.2 Å². The standard InChI is InChI=1S/C8H7BrClNO3S/c1-15(13,14)11-8(12)6-3-2-5(9)4-7(6)10/h2-4H,1H3,(H,11,12). The summed E-state index contributed by atoms with van der Waals surface area (Å²) in [7, 11) is -3.57. The molecule has 82 valence electrons. The monoisotopic (exact) mass is 311 g/mol. The zero-order valence-electron chi connectivity index (χ0n) is 7.62. The Kier molecular flexibility index (Phi) is 3.75. The van der Waals surface area contributed by atoms with Crippen molar-refractivity contribution >= 4 is 43.5 Å². The highest BCUT2D eigenvalue weighted by Gasteiger charge is 2.14. The Morgan fingerprint density at radius 1 is 1.47 bits per heavy atom. The van der Waals surface area contributed by atoms with Gasteiger partial charge in [0.15, 0.2) is 0 Å². The van der Waals surface area contributed by atoms with E-state index >= 15 is 0 Å². The van der Waals surface area contributed by atoms with Crippen molar-refractivity contribution < 1.29 is 13.2 Å². The van der Waals surface area contributed by atoms with Gasteiger partial charge in [-0.05, 0) is 18.2 Å². The van der Waals surface area contributed by atoms with E-state index in [1.54, 1.807) is 6.07 Å². The van der Waals surface area contributed by atoms with Gasteiger partial charge in [0.2, 0.25) is 10.0 Å². The minimum absolute atomic E-state index is 0.116. The average Bonchev–Trinajstić information content (AvgIpc) is 1.99. The highest BCUT2D eigenvalue weighted by atomic mass is 79.9. The van der Waals surface area contributed by atoms with Crippen molar-refractivity contribution in [3.63, 3.8) is 0 Å². The molecule has 0 atom stereocenters. The second-order valence-corrected chi connectivity index (χ2v) is 5.90. The third-order valence-corrected chi connectivity index (χ3v) is 2.82. The lowest BCUT2D eigenvalue weighted by atomic mass is 10.2. The van der Waals surface area contributed by atoms with Gasteiger partial charge in [-0.1, -0.05) is 27.5 Å². The molecule has 1 amide bonds. The van der Waals surface area contributed by atoms with Gasteiger partial charge < -0.3 is 0 Å². The van der Waals surface area contributed by atoms with E-state index in [1.807, 2.05) is 4.72 Å². The molecule has 0 saturated carbocycles. The summed E-state index contributed by atoms with van der Waals surface area (Å²) < 4.78 is 24.2. The summed E-state index contributed by atoms with van der Waals surface area (Å²) in [5.41, 5.74) is 0.116. The highest BCUT2D eigenvalue weighted by Crippen LogP contribution is 2.21. The minimum Gasteiger partial charge on any atom is -0.268 e. The van der Waals surface area contributed by atoms with Gasteiger partial charge in [0, 0.05) is 4.47 Å². The molecule has 0 unspecified atom stereocenters. The van der Waals surface area contributed by atoms with Crippen LogP contribution in [0.15, 0.2) is 22.7 Å². The Morgan fingerprint density at radius 2 is 2.07 bits per heavy atom. The first-order valence-corrected chi connectivity index (χ1v) is 6.83. The largest absolute Gasteiger partial charge is 0.268 e. The van der Waals surface area contributed by atoms with E-state index in [0.717, 1.165) is 6.26 Å². The van der Waals surface area contributed by atoms with Gasteiger partial charge in [-0.15, -0.1) is 0 Å². The Balaban J connectivity index is 3.02. The van der Waals surface area contributed by atoms with Gasteiger partial charge in [-0.2, -0.15) is 0 Å². The fourth-order valence-electron chi connectivity index (χ4n) is 0.897. The number of nitrogens with one attached hydrogen (secondary N) is 1. The average molecular weight is 313 g/mol. The van der Waals surface area contributed by atoms with Crippen LogP contribution in [0.3, 0.4) is 0 Å². The van der Waals surface area contributed by atoms with Crippen LogP contribution in [-0.4, -0.2) is 20.6 Å². The van der Waals surface area contributed by atoms with Crippen LogP contribution in [0, 0.1) is 0 Å². The zero-order chi connectivity index (χ0) is 11.6. The van der Waals surface area contributed by atoms with Gasteiger partial charge in [0.1, 0.15) is 0 Å². The lowest BCUT2D eigenvalue weighted by Gasteiger charge is -2.04. The van der Waals surface area contributed by atoms with E-state index in [4.69, 9.17) is 11.6 Å². The second kappa shape index (κ2) is 4.51. The van der Waals surface area contributed by atoms with Crippen LogP contribution in [0.1, 0.15) is 10.4 Å². The number of amides is 1. The number of rotatable bonds is 2. The maximum absolute atomic E-state index is 11.4. The van der Waals surface area contributed by atoms with Crippen molar-refractivity contribution in [2.24, 2.45) is 0 Å². The van der Waals surface area contributed by atoms with E-state index < -0.39 is 15.9 Å². The summed E-state index contributed by atoms with van der Waals surface area (Å²) in [4.78, 5) is 11.4. The SMILES string of the molecule is CS(=O)(=O)NC(=O)c1ccc(Br)cc1Cl. The van der Waals surface area contributed by atoms with Crippen molar-refractivity contribution in [2.75, 3.05) is 6.26 Å². The van der Waals surface area contributed by atoms with Crippen molar-refractivity contribution in [3.8, 4) is 0 Å². The van der Waals surface area contributed by atoms with E-state index in [1.165, 1.54) is 12.1 Å². The molecular formula is C8H7BrClNO3S. The molecule has 0 radical (unpaired) electrons. The quantitative estimate of drug-likeness (QED) is 0.905. The number of sulfonamides is 1. The first-order valence-electron chi connectivity index (χ1n) is 3.77. The predicted molar refractivity (Wildman–Crippen MR) is 61.5 cm³/mol. The van der Waals surface area contributed by atoms with Crippen LogP contribution in [0.5, 0.6) is 0 Å². The molecule has 1 aromatic rings. The first-order chi connectivity index (χ1) is 6.79. The Hall–Kier alpha value is -0.590. The molecule has 1 aromatic carbocycles. The number of carbonyl (C=O) groups is 1. The van der Waals surface area contributed by atoms with Gasteiger partial charge in [-0.25, -0.2) is 13.1 Å². The molecule has 15 heavy (non-hydrogen) atoms. The lowest BCUT2D eigenvalue weighted by Crippen LogP contribution is -2.29. The van der Waals surface area contributed by atoms with E-state index in [2.05, 4.69) is 15.9 Å². The molecule has 0 bridgehead atoms. The van der Waals surface area contributed by atoms with Crippen molar-refractivity contribution in [3.05, 3.63) is 33.3 Å². The molecule has 1 rings (SSSR count). The first kappa shape index (κ1) is 12.5. The van der Waals surface area contributed by atoms with Crippen molar-refractivity contribution in [1.29, 1.82) is 0 Å². The predicted octanol–water partition coefficient (Wildman–Crippen LogP) is 1.79. The molecular weight excluding hydrogens is 306 g/mol. The van der Waals surface area contributed by atoms with Gasteiger partial charge in [0.25, 0.3) is 5.91 Å². The van der Waals surface area contributed by atoms with Gasteiger partial charge >= 0.3 is 0 Å². The summed E-state index contributed by atoms with van der Waals surface area (Å²) in [6, 6.07) is 4.55. The van der Waals surface area contributed by atoms with Crippen LogP contribution < -0.4 is 4.72 Å². The fraction of sp³-hybridized carbons (Fsp3) is 0.125. The summed E-state index contributed by atoms with van der Waals surface area (Å²) >= 11 is 8.94. The Labute approximate surface area is 101 Å². The van der Waals surface area contributed by atoms with Gasteiger partial charge in [0.05, 0.1) is 16.8 Å². The molecule has 1 N–H and O–H groups in total. The Bertz CT molecular complexity index is 501. The van der Waals surface area contributed by atoms with Crippen LogP contribution >= 0.6 is 27.5 Å². The molecule has 0 aromatic heterocycles. The normalized spacial score (nSPS) is 11.1. The summed E-state index contributed by atoms with van der Waals surface area (Å²) in [6.45, 7) is 0. The number of hydrogen-bond acceptors (Lipinski definition) is 3. The number of benzene rings is 1. The van der Waals surface area contributed by atoms with E-state index in [-0.39, 0.29) is 10.6 Å². The molecule has 0 spiro atoms. The number of carbonyl (C=O) groups excluding carboxylic acids is 1. The third-order valence-electron chi connectivity index (χ3n) is 1.45. The Morgan fingerprint density at radius 3 is 2.53 bits per heavy atom. The zero-order valence-corrected chi connectivity index (χ0v) is 10.8. The second-order valence-electron chi connectivity index (χ2n) is 2.83. The lowest BCUT2D eigenvalue weighted by molar-refractivity contribution is 0.0982. The minimum atomic E-state index is -3.57. The van der Waals surface area contributed by atoms with Crippen LogP contribution in [0.25, 0.3) is 0 Å². The van der Waals surface area contributed by atoms with Crippen LogP contribution in [0.2, 0.25) is 5.02 Å². The summed E-state index contributed by atoms with van der Waals surface area (Å²) in [5.74, 6) is -0.741. The molecule has 0 fully saturated rings. The maximum Gasteiger partial charge on any atom is 0.266 e. The van der Waals surface area contributed by atoms with Crippen molar-refractivity contribution in [1.82, 2.24) is 4.72 Å². The molecule has 0 aliphatic rings. The van der Waals surface area contributed by atoms with E-state index in [0.29, 0.717) is 4.47 Å². The molecule has 0 saturated heterocycles. The summed E-state index contributed by atoms with van der Waals surface area (Å²) in [6.07, 6.45) is 0.900. The number of hydrogen-bond donors (Lipinski definition) is 1. The van der Waals surface area contributed by atoms with Crippen molar-refractivity contribution in [2.45, 2.75) is 0 Å². The third kappa shape index (κ3) is 3.81.